The van der Waals surface area contributed by atoms with Gasteiger partial charge in [-0.2, -0.15) is 0 Å². The lowest BCUT2D eigenvalue weighted by molar-refractivity contribution is -0.117. The van der Waals surface area contributed by atoms with E-state index in [0.29, 0.717) is 0 Å². The zero-order valence-corrected chi connectivity index (χ0v) is 23.5. The Kier molecular flexibility index (Phi) is 7.49. The molecule has 196 valence electrons. The first-order chi connectivity index (χ1) is 17.6. The summed E-state index contributed by atoms with van der Waals surface area (Å²) in [7, 11) is 0. The second kappa shape index (κ2) is 10.4. The van der Waals surface area contributed by atoms with E-state index >= 15 is 0 Å². The summed E-state index contributed by atoms with van der Waals surface area (Å²) in [6, 6.07) is 0. The summed E-state index contributed by atoms with van der Waals surface area (Å²) in [5.74, 6) is -0.0400. The number of carbonyl (C=O) groups excluding carboxylic acids is 2. The fraction of sp³-hybridized carbons (Fsp3) is 0.419. The lowest BCUT2D eigenvalue weighted by Crippen LogP contribution is -2.15. The molecule has 0 fully saturated rings. The van der Waals surface area contributed by atoms with Gasteiger partial charge in [0.25, 0.3) is 11.8 Å². The lowest BCUT2D eigenvalue weighted by Gasteiger charge is -2.07. The molecule has 0 saturated carbocycles. The summed E-state index contributed by atoms with van der Waals surface area (Å²) in [5.41, 5.74) is 15.0. The maximum absolute atomic E-state index is 12.1. The second-order valence-corrected chi connectivity index (χ2v) is 10.4. The van der Waals surface area contributed by atoms with Gasteiger partial charge in [0.1, 0.15) is 0 Å². The van der Waals surface area contributed by atoms with Gasteiger partial charge < -0.3 is 20.6 Å². The van der Waals surface area contributed by atoms with Crippen LogP contribution >= 0.6 is 0 Å². The predicted octanol–water partition coefficient (Wildman–Crippen LogP) is 6.07. The molecule has 0 bridgehead atoms. The van der Waals surface area contributed by atoms with Crippen molar-refractivity contribution in [2.45, 2.75) is 87.5 Å². The highest BCUT2D eigenvalue weighted by molar-refractivity contribution is 6.01. The van der Waals surface area contributed by atoms with Gasteiger partial charge in [0.2, 0.25) is 0 Å². The zero-order chi connectivity index (χ0) is 27.0. The van der Waals surface area contributed by atoms with Crippen molar-refractivity contribution >= 4 is 24.0 Å². The summed E-state index contributed by atoms with van der Waals surface area (Å²) >= 11 is 0. The molecule has 0 atom stereocenters. The van der Waals surface area contributed by atoms with Crippen molar-refractivity contribution in [3.05, 3.63) is 78.7 Å². The third kappa shape index (κ3) is 4.89. The summed E-state index contributed by atoms with van der Waals surface area (Å²) in [6.45, 7) is 16.5. The molecule has 2 aliphatic heterocycles. The Bertz CT molecular complexity index is 1300. The summed E-state index contributed by atoms with van der Waals surface area (Å²) in [4.78, 5) is 31.7. The average Bonchev–Trinajstić information content (AvgIpc) is 3.48. The van der Waals surface area contributed by atoms with Gasteiger partial charge in [0, 0.05) is 51.7 Å². The van der Waals surface area contributed by atoms with E-state index in [2.05, 4.69) is 60.4 Å². The van der Waals surface area contributed by atoms with E-state index in [1.165, 1.54) is 33.6 Å². The van der Waals surface area contributed by atoms with Crippen LogP contribution in [-0.2, 0) is 28.9 Å². The van der Waals surface area contributed by atoms with Crippen LogP contribution in [0.15, 0.2) is 33.7 Å². The number of hydrogen-bond acceptors (Lipinski definition) is 2. The van der Waals surface area contributed by atoms with Crippen molar-refractivity contribution in [1.29, 1.82) is 0 Å². The Morgan fingerprint density at radius 2 is 0.973 bits per heavy atom. The SMILES string of the molecule is CCCc1c(Cc2[nH]c(/C=C3\NC(=O)C(C)=C3C)c(C)c2CCC)[nH]c(/C=C2\NC(=O)C(C)=C2C)c1C. The van der Waals surface area contributed by atoms with Crippen molar-refractivity contribution in [2.75, 3.05) is 0 Å². The highest BCUT2D eigenvalue weighted by atomic mass is 16.2. The van der Waals surface area contributed by atoms with Crippen LogP contribution < -0.4 is 10.6 Å². The predicted molar refractivity (Wildman–Crippen MR) is 151 cm³/mol. The number of H-pyrrole nitrogens is 2. The van der Waals surface area contributed by atoms with Crippen LogP contribution in [-0.4, -0.2) is 21.8 Å². The molecule has 0 spiro atoms. The first-order valence-corrected chi connectivity index (χ1v) is 13.4. The minimum atomic E-state index is -0.0200. The number of allylic oxidation sites excluding steroid dienone is 2. The number of carbonyl (C=O) groups is 2. The van der Waals surface area contributed by atoms with Gasteiger partial charge in [-0.25, -0.2) is 0 Å². The Balaban J connectivity index is 1.74. The largest absolute Gasteiger partial charge is 0.358 e. The van der Waals surface area contributed by atoms with Crippen LogP contribution in [0.25, 0.3) is 12.2 Å². The van der Waals surface area contributed by atoms with Crippen LogP contribution in [0.4, 0.5) is 0 Å². The third-order valence-electron chi connectivity index (χ3n) is 8.05. The molecule has 0 saturated heterocycles. The van der Waals surface area contributed by atoms with Gasteiger partial charge in [-0.1, -0.05) is 26.7 Å². The number of amides is 2. The summed E-state index contributed by atoms with van der Waals surface area (Å²) < 4.78 is 0. The lowest BCUT2D eigenvalue weighted by atomic mass is 9.98. The van der Waals surface area contributed by atoms with E-state index in [1.54, 1.807) is 0 Å². The highest BCUT2D eigenvalue weighted by Gasteiger charge is 2.24. The normalized spacial score (nSPS) is 18.2. The molecular formula is C31H40N4O2. The van der Waals surface area contributed by atoms with E-state index in [4.69, 9.17) is 0 Å². The van der Waals surface area contributed by atoms with Gasteiger partial charge in [-0.15, -0.1) is 0 Å². The Morgan fingerprint density at radius 1 is 0.595 bits per heavy atom. The highest BCUT2D eigenvalue weighted by Crippen LogP contribution is 2.31. The molecule has 0 aromatic carbocycles. The van der Waals surface area contributed by atoms with Crippen LogP contribution in [0.5, 0.6) is 0 Å². The fourth-order valence-corrected chi connectivity index (χ4v) is 5.33. The van der Waals surface area contributed by atoms with E-state index in [9.17, 15) is 9.59 Å². The first-order valence-electron chi connectivity index (χ1n) is 13.4. The maximum atomic E-state index is 12.1. The number of nitrogens with one attached hydrogen (secondary N) is 4. The molecule has 37 heavy (non-hydrogen) atoms. The molecule has 4 N–H and O–H groups in total. The minimum Gasteiger partial charge on any atom is -0.358 e. The van der Waals surface area contributed by atoms with Crippen LogP contribution in [0.2, 0.25) is 0 Å². The van der Waals surface area contributed by atoms with Gasteiger partial charge in [0.15, 0.2) is 0 Å². The first kappa shape index (κ1) is 26.5. The number of hydrogen-bond donors (Lipinski definition) is 4. The Labute approximate surface area is 220 Å². The molecular weight excluding hydrogens is 460 g/mol. The topological polar surface area (TPSA) is 89.8 Å². The van der Waals surface area contributed by atoms with Gasteiger partial charge >= 0.3 is 0 Å². The molecule has 0 radical (unpaired) electrons. The summed E-state index contributed by atoms with van der Waals surface area (Å²) in [6.07, 6.45) is 9.04. The van der Waals surface area contributed by atoms with Crippen LogP contribution in [0.1, 0.15) is 99.4 Å². The van der Waals surface area contributed by atoms with Gasteiger partial charge in [0.05, 0.1) is 0 Å². The average molecular weight is 501 g/mol. The van der Waals surface area contributed by atoms with E-state index in [1.807, 2.05) is 27.7 Å². The molecule has 2 aromatic heterocycles. The summed E-state index contributed by atoms with van der Waals surface area (Å²) in [5, 5.41) is 6.00. The van der Waals surface area contributed by atoms with Crippen molar-refractivity contribution in [1.82, 2.24) is 20.6 Å². The van der Waals surface area contributed by atoms with E-state index in [0.717, 1.165) is 77.2 Å². The van der Waals surface area contributed by atoms with Gasteiger partial charge in [-0.05, 0) is 99.9 Å². The molecule has 6 nitrogen and oxygen atoms in total. The van der Waals surface area contributed by atoms with Crippen molar-refractivity contribution < 1.29 is 9.59 Å². The third-order valence-corrected chi connectivity index (χ3v) is 8.05. The maximum Gasteiger partial charge on any atom is 0.251 e. The van der Waals surface area contributed by atoms with Crippen LogP contribution in [0.3, 0.4) is 0 Å². The molecule has 0 unspecified atom stereocenters. The molecule has 2 aromatic rings. The van der Waals surface area contributed by atoms with Gasteiger partial charge in [-0.3, -0.25) is 9.59 Å². The quantitative estimate of drug-likeness (QED) is 0.354. The molecule has 2 aliphatic rings. The van der Waals surface area contributed by atoms with E-state index < -0.39 is 0 Å². The Morgan fingerprint density at radius 3 is 1.27 bits per heavy atom. The standard InChI is InChI=1S/C31H40N4O2/c1-9-11-22-20(7)26(13-24-16(3)18(5)30(36)34-24)32-28(22)15-29-23(12-10-2)21(8)27(33-29)14-25-17(4)19(6)31(37)35-25/h13-14,32-33H,9-12,15H2,1-8H3,(H,34,36)(H,35,37)/b24-13-,25-14-. The number of rotatable bonds is 8. The second-order valence-electron chi connectivity index (χ2n) is 10.4. The molecule has 0 aliphatic carbocycles. The van der Waals surface area contributed by atoms with Crippen molar-refractivity contribution in [3.63, 3.8) is 0 Å². The smallest absolute Gasteiger partial charge is 0.251 e. The molecule has 6 heteroatoms. The molecule has 4 rings (SSSR count). The zero-order valence-electron chi connectivity index (χ0n) is 23.5. The van der Waals surface area contributed by atoms with Crippen LogP contribution in [0, 0.1) is 13.8 Å². The fourth-order valence-electron chi connectivity index (χ4n) is 5.33. The van der Waals surface area contributed by atoms with Crippen molar-refractivity contribution in [3.8, 4) is 0 Å². The minimum absolute atomic E-state index is 0.0200. The number of aromatic amines is 2. The molecule has 4 heterocycles. The Hall–Kier alpha value is -3.54. The number of aromatic nitrogens is 2. The molecule has 2 amide bonds. The monoisotopic (exact) mass is 500 g/mol. The van der Waals surface area contributed by atoms with Crippen molar-refractivity contribution in [2.24, 2.45) is 0 Å². The van der Waals surface area contributed by atoms with E-state index in [-0.39, 0.29) is 11.8 Å².